The van der Waals surface area contributed by atoms with E-state index < -0.39 is 0 Å². The molecule has 1 unspecified atom stereocenters. The SMILES string of the molecule is NCC1Cc2ccccc2Oc2cccc(F)c21. The molecule has 2 aromatic rings. The maximum Gasteiger partial charge on any atom is 0.133 e. The molecule has 2 nitrogen and oxygen atoms in total. The molecule has 1 heterocycles. The van der Waals surface area contributed by atoms with Gasteiger partial charge in [0.1, 0.15) is 17.3 Å². The van der Waals surface area contributed by atoms with E-state index in [0.717, 1.165) is 11.3 Å². The van der Waals surface area contributed by atoms with E-state index in [4.69, 9.17) is 10.5 Å². The van der Waals surface area contributed by atoms with E-state index in [2.05, 4.69) is 0 Å². The molecule has 0 radical (unpaired) electrons. The first-order valence-electron chi connectivity index (χ1n) is 6.04. The highest BCUT2D eigenvalue weighted by Gasteiger charge is 2.25. The fraction of sp³-hybridized carbons (Fsp3) is 0.200. The van der Waals surface area contributed by atoms with Gasteiger partial charge in [-0.25, -0.2) is 4.39 Å². The Hall–Kier alpha value is -1.87. The quantitative estimate of drug-likeness (QED) is 0.834. The number of nitrogens with two attached hydrogens (primary N) is 1. The molecule has 0 bridgehead atoms. The zero-order valence-corrected chi connectivity index (χ0v) is 9.90. The number of halogens is 1. The fourth-order valence-electron chi connectivity index (χ4n) is 2.46. The van der Waals surface area contributed by atoms with Gasteiger partial charge in [0.15, 0.2) is 0 Å². The lowest BCUT2D eigenvalue weighted by atomic mass is 9.92. The third kappa shape index (κ3) is 1.77. The van der Waals surface area contributed by atoms with Crippen molar-refractivity contribution < 1.29 is 9.13 Å². The molecule has 0 aromatic heterocycles. The van der Waals surface area contributed by atoms with Gasteiger partial charge in [-0.2, -0.15) is 0 Å². The normalized spacial score (nSPS) is 17.3. The Labute approximate surface area is 105 Å². The van der Waals surface area contributed by atoms with Crippen LogP contribution in [0.2, 0.25) is 0 Å². The van der Waals surface area contributed by atoms with Gasteiger partial charge in [0.2, 0.25) is 0 Å². The molecule has 0 spiro atoms. The van der Waals surface area contributed by atoms with Crippen molar-refractivity contribution in [1.29, 1.82) is 0 Å². The lowest BCUT2D eigenvalue weighted by Crippen LogP contribution is -2.15. The van der Waals surface area contributed by atoms with Crippen LogP contribution in [-0.4, -0.2) is 6.54 Å². The summed E-state index contributed by atoms with van der Waals surface area (Å²) in [5, 5.41) is 0. The van der Waals surface area contributed by atoms with E-state index in [1.165, 1.54) is 6.07 Å². The highest BCUT2D eigenvalue weighted by Crippen LogP contribution is 2.39. The Kier molecular flexibility index (Phi) is 2.76. The zero-order chi connectivity index (χ0) is 12.5. The van der Waals surface area contributed by atoms with Crippen molar-refractivity contribution >= 4 is 0 Å². The molecule has 18 heavy (non-hydrogen) atoms. The van der Waals surface area contributed by atoms with Crippen molar-refractivity contribution in [2.75, 3.05) is 6.54 Å². The standard InChI is InChI=1S/C15H14FNO/c16-12-5-3-7-14-15(12)11(9-17)8-10-4-1-2-6-13(10)18-14/h1-7,11H,8-9,17H2. The zero-order valence-electron chi connectivity index (χ0n) is 9.90. The van der Waals surface area contributed by atoms with Gasteiger partial charge in [0, 0.05) is 11.5 Å². The maximum atomic E-state index is 14.0. The molecule has 0 amide bonds. The molecule has 2 aromatic carbocycles. The van der Waals surface area contributed by atoms with Crippen LogP contribution in [-0.2, 0) is 6.42 Å². The molecule has 3 rings (SSSR count). The van der Waals surface area contributed by atoms with E-state index in [-0.39, 0.29) is 11.7 Å². The molecule has 3 heteroatoms. The van der Waals surface area contributed by atoms with Crippen molar-refractivity contribution in [3.8, 4) is 11.5 Å². The van der Waals surface area contributed by atoms with Crippen LogP contribution >= 0.6 is 0 Å². The monoisotopic (exact) mass is 243 g/mol. The van der Waals surface area contributed by atoms with Crippen LogP contribution < -0.4 is 10.5 Å². The summed E-state index contributed by atoms with van der Waals surface area (Å²) in [6.07, 6.45) is 0.709. The smallest absolute Gasteiger partial charge is 0.133 e. The molecule has 1 aliphatic heterocycles. The number of ether oxygens (including phenoxy) is 1. The summed E-state index contributed by atoms with van der Waals surface area (Å²) >= 11 is 0. The Balaban J connectivity index is 2.17. The third-order valence-electron chi connectivity index (χ3n) is 3.36. The third-order valence-corrected chi connectivity index (χ3v) is 3.36. The maximum absolute atomic E-state index is 14.0. The summed E-state index contributed by atoms with van der Waals surface area (Å²) in [5.41, 5.74) is 7.46. The topological polar surface area (TPSA) is 35.2 Å². The van der Waals surface area contributed by atoms with Crippen LogP contribution in [0.1, 0.15) is 17.0 Å². The summed E-state index contributed by atoms with van der Waals surface area (Å²) in [6.45, 7) is 0.408. The summed E-state index contributed by atoms with van der Waals surface area (Å²) in [7, 11) is 0. The molecular formula is C15H14FNO. The van der Waals surface area contributed by atoms with Gasteiger partial charge < -0.3 is 10.5 Å². The van der Waals surface area contributed by atoms with Crippen molar-refractivity contribution in [2.24, 2.45) is 5.73 Å². The van der Waals surface area contributed by atoms with Crippen LogP contribution in [0.15, 0.2) is 42.5 Å². The fourth-order valence-corrected chi connectivity index (χ4v) is 2.46. The van der Waals surface area contributed by atoms with E-state index in [0.29, 0.717) is 24.3 Å². The molecule has 1 aliphatic rings. The molecule has 1 atom stereocenters. The number of fused-ring (bicyclic) bond motifs is 2. The van der Waals surface area contributed by atoms with Gasteiger partial charge in [-0.1, -0.05) is 24.3 Å². The van der Waals surface area contributed by atoms with E-state index in [1.54, 1.807) is 12.1 Å². The van der Waals surface area contributed by atoms with E-state index >= 15 is 0 Å². The van der Waals surface area contributed by atoms with Gasteiger partial charge in [0.05, 0.1) is 0 Å². The lowest BCUT2D eigenvalue weighted by molar-refractivity contribution is 0.469. The van der Waals surface area contributed by atoms with Gasteiger partial charge in [-0.3, -0.25) is 0 Å². The number of hydrogen-bond acceptors (Lipinski definition) is 2. The summed E-state index contributed by atoms with van der Waals surface area (Å²) < 4.78 is 19.8. The summed E-state index contributed by atoms with van der Waals surface area (Å²) in [4.78, 5) is 0. The Morgan fingerprint density at radius 3 is 2.72 bits per heavy atom. The van der Waals surface area contributed by atoms with Gasteiger partial charge >= 0.3 is 0 Å². The number of benzene rings is 2. The minimum atomic E-state index is -0.240. The number of hydrogen-bond donors (Lipinski definition) is 1. The minimum absolute atomic E-state index is 0.0372. The minimum Gasteiger partial charge on any atom is -0.457 e. The highest BCUT2D eigenvalue weighted by atomic mass is 19.1. The van der Waals surface area contributed by atoms with Crippen LogP contribution in [0.5, 0.6) is 11.5 Å². The summed E-state index contributed by atoms with van der Waals surface area (Å²) in [5.74, 6) is 1.09. The predicted molar refractivity (Wildman–Crippen MR) is 68.4 cm³/mol. The van der Waals surface area contributed by atoms with E-state index in [9.17, 15) is 4.39 Å². The molecule has 0 saturated heterocycles. The number of para-hydroxylation sites is 1. The van der Waals surface area contributed by atoms with Crippen LogP contribution in [0.25, 0.3) is 0 Å². The van der Waals surface area contributed by atoms with Crippen molar-refractivity contribution in [3.05, 3.63) is 59.4 Å². The second kappa shape index (κ2) is 4.42. The average Bonchev–Trinajstić information content (AvgIpc) is 2.55. The second-order valence-electron chi connectivity index (χ2n) is 4.50. The van der Waals surface area contributed by atoms with Crippen molar-refractivity contribution in [3.63, 3.8) is 0 Å². The average molecular weight is 243 g/mol. The van der Waals surface area contributed by atoms with E-state index in [1.807, 2.05) is 24.3 Å². The summed E-state index contributed by atoms with van der Waals surface area (Å²) in [6, 6.07) is 12.7. The molecule has 0 fully saturated rings. The van der Waals surface area contributed by atoms with Gasteiger partial charge in [-0.05, 0) is 36.7 Å². The van der Waals surface area contributed by atoms with Crippen LogP contribution in [0, 0.1) is 5.82 Å². The van der Waals surface area contributed by atoms with Crippen LogP contribution in [0.3, 0.4) is 0 Å². The Morgan fingerprint density at radius 2 is 1.89 bits per heavy atom. The largest absolute Gasteiger partial charge is 0.457 e. The van der Waals surface area contributed by atoms with Crippen molar-refractivity contribution in [2.45, 2.75) is 12.3 Å². The van der Waals surface area contributed by atoms with Crippen LogP contribution in [0.4, 0.5) is 4.39 Å². The Morgan fingerprint density at radius 1 is 1.11 bits per heavy atom. The highest BCUT2D eigenvalue weighted by molar-refractivity contribution is 5.47. The lowest BCUT2D eigenvalue weighted by Gasteiger charge is -2.14. The first-order chi connectivity index (χ1) is 8.79. The molecule has 0 aliphatic carbocycles. The first kappa shape index (κ1) is 11.2. The molecular weight excluding hydrogens is 229 g/mol. The van der Waals surface area contributed by atoms with Gasteiger partial charge in [-0.15, -0.1) is 0 Å². The molecule has 92 valence electrons. The van der Waals surface area contributed by atoms with Crippen molar-refractivity contribution in [1.82, 2.24) is 0 Å². The van der Waals surface area contributed by atoms with Gasteiger partial charge in [0.25, 0.3) is 0 Å². The predicted octanol–water partition coefficient (Wildman–Crippen LogP) is 3.22. The first-order valence-corrected chi connectivity index (χ1v) is 6.04. The number of rotatable bonds is 1. The second-order valence-corrected chi connectivity index (χ2v) is 4.50. The molecule has 2 N–H and O–H groups in total. The Bertz CT molecular complexity index is 582. The molecule has 0 saturated carbocycles.